The van der Waals surface area contributed by atoms with Crippen LogP contribution in [0.5, 0.6) is 0 Å². The van der Waals surface area contributed by atoms with Gasteiger partial charge in [-0.05, 0) is 23.5 Å². The monoisotopic (exact) mass is 611 g/mol. The number of benzene rings is 1. The van der Waals surface area contributed by atoms with Crippen molar-refractivity contribution in [2.24, 2.45) is 5.92 Å². The molecule has 1 rings (SSSR count). The number of hydrogen-bond acceptors (Lipinski definition) is 3. The predicted octanol–water partition coefficient (Wildman–Crippen LogP) is 7.08. The van der Waals surface area contributed by atoms with E-state index in [-0.39, 0.29) is 11.1 Å². The first-order valence-electron chi connectivity index (χ1n) is 11.1. The minimum absolute atomic E-state index is 0.131. The highest BCUT2D eigenvalue weighted by molar-refractivity contribution is 5.80. The van der Waals surface area contributed by atoms with Crippen LogP contribution in [-0.2, 0) is 22.6 Å². The molecule has 0 unspecified atom stereocenters. The van der Waals surface area contributed by atoms with E-state index in [1.54, 1.807) is 13.8 Å². The smallest absolute Gasteiger partial charge is 0.460 e. The quantitative estimate of drug-likeness (QED) is 0.234. The van der Waals surface area contributed by atoms with Crippen LogP contribution in [0.25, 0.3) is 0 Å². The number of aryl methyl sites for hydroxylation is 1. The van der Waals surface area contributed by atoms with Crippen molar-refractivity contribution in [2.75, 3.05) is 0 Å². The standard InChI is InChI=1S/C22H22F13NO4/c1-3-11(2)14(15(37)38)36-16(39)40-10-13-6-4-12(5-7-13)8-9-17(23,24)18(25,26)19(27,28)20(29,30)21(31,32)22(33,34)35/h4-7,11,14H,3,8-10H2,1-2H3,(H,36,39)(H,37,38)/t11-,14+/m0/s1. The molecule has 0 aliphatic rings. The molecule has 1 aromatic carbocycles. The lowest BCUT2D eigenvalue weighted by atomic mass is 9.91. The van der Waals surface area contributed by atoms with Gasteiger partial charge >= 0.3 is 47.9 Å². The molecular formula is C22H22F13NO4. The average Bonchev–Trinajstić information content (AvgIpc) is 2.83. The van der Waals surface area contributed by atoms with Crippen LogP contribution in [0.15, 0.2) is 24.3 Å². The lowest BCUT2D eigenvalue weighted by Crippen LogP contribution is -2.70. The van der Waals surface area contributed by atoms with E-state index in [0.29, 0.717) is 6.42 Å². The SMILES string of the molecule is CC[C@H](C)[C@@H](NC(=O)OCc1ccc(CCC(F)(F)C(F)(F)C(F)(F)C(F)(F)C(F)(F)C(F)(F)F)cc1)C(=O)O. The molecule has 0 aliphatic carbocycles. The third-order valence-corrected chi connectivity index (χ3v) is 5.87. The molecule has 0 aliphatic heterocycles. The molecule has 40 heavy (non-hydrogen) atoms. The van der Waals surface area contributed by atoms with Gasteiger partial charge in [0.25, 0.3) is 0 Å². The van der Waals surface area contributed by atoms with Crippen LogP contribution in [0, 0.1) is 5.92 Å². The Morgan fingerprint density at radius 3 is 1.68 bits per heavy atom. The average molecular weight is 611 g/mol. The van der Waals surface area contributed by atoms with Crippen LogP contribution in [0.1, 0.15) is 37.8 Å². The molecule has 0 saturated heterocycles. The molecule has 230 valence electrons. The molecule has 0 aromatic heterocycles. The van der Waals surface area contributed by atoms with Crippen molar-refractivity contribution in [2.45, 2.75) is 81.5 Å². The minimum atomic E-state index is -7.95. The van der Waals surface area contributed by atoms with E-state index in [9.17, 15) is 66.7 Å². The molecule has 0 bridgehead atoms. The Hall–Kier alpha value is -2.95. The van der Waals surface area contributed by atoms with Crippen molar-refractivity contribution in [3.8, 4) is 0 Å². The van der Waals surface area contributed by atoms with Gasteiger partial charge in [-0.2, -0.15) is 57.1 Å². The molecule has 2 N–H and O–H groups in total. The molecule has 5 nitrogen and oxygen atoms in total. The summed E-state index contributed by atoms with van der Waals surface area (Å²) in [5.74, 6) is -38.9. The Morgan fingerprint density at radius 1 is 0.800 bits per heavy atom. The highest BCUT2D eigenvalue weighted by atomic mass is 19.4. The Morgan fingerprint density at radius 2 is 1.25 bits per heavy atom. The van der Waals surface area contributed by atoms with Gasteiger partial charge in [-0.1, -0.05) is 44.5 Å². The summed E-state index contributed by atoms with van der Waals surface area (Å²) >= 11 is 0. The van der Waals surface area contributed by atoms with Crippen molar-refractivity contribution < 1.29 is 76.5 Å². The van der Waals surface area contributed by atoms with E-state index in [1.807, 2.05) is 0 Å². The zero-order valence-electron chi connectivity index (χ0n) is 20.4. The van der Waals surface area contributed by atoms with Gasteiger partial charge in [0, 0.05) is 6.42 Å². The highest BCUT2D eigenvalue weighted by Gasteiger charge is 2.90. The lowest BCUT2D eigenvalue weighted by molar-refractivity contribution is -0.440. The number of hydrogen-bond donors (Lipinski definition) is 2. The Balaban J connectivity index is 2.92. The first-order valence-corrected chi connectivity index (χ1v) is 11.1. The van der Waals surface area contributed by atoms with Crippen molar-refractivity contribution >= 4 is 12.1 Å². The number of alkyl carbamates (subject to hydrolysis) is 1. The molecular weight excluding hydrogens is 589 g/mol. The topological polar surface area (TPSA) is 75.6 Å². The number of nitrogens with one attached hydrogen (secondary N) is 1. The number of carbonyl (C=O) groups excluding carboxylic acids is 1. The van der Waals surface area contributed by atoms with Crippen LogP contribution in [0.4, 0.5) is 61.9 Å². The molecule has 18 heteroatoms. The van der Waals surface area contributed by atoms with E-state index in [4.69, 9.17) is 9.84 Å². The maximum Gasteiger partial charge on any atom is 0.460 e. The van der Waals surface area contributed by atoms with Crippen molar-refractivity contribution in [3.63, 3.8) is 0 Å². The van der Waals surface area contributed by atoms with Gasteiger partial charge in [0.05, 0.1) is 0 Å². The second-order valence-corrected chi connectivity index (χ2v) is 8.74. The number of alkyl halides is 13. The largest absolute Gasteiger partial charge is 0.480 e. The Bertz CT molecular complexity index is 1030. The van der Waals surface area contributed by atoms with Crippen LogP contribution in [-0.4, -0.2) is 59.0 Å². The predicted molar refractivity (Wildman–Crippen MR) is 110 cm³/mol. The van der Waals surface area contributed by atoms with E-state index in [1.165, 1.54) is 0 Å². The number of carboxylic acid groups (broad SMARTS) is 1. The van der Waals surface area contributed by atoms with Crippen LogP contribution in [0.2, 0.25) is 0 Å². The molecule has 1 aromatic rings. The molecule has 0 fully saturated rings. The van der Waals surface area contributed by atoms with E-state index >= 15 is 0 Å². The normalized spacial score (nSPS) is 15.4. The maximum atomic E-state index is 13.9. The van der Waals surface area contributed by atoms with Gasteiger partial charge < -0.3 is 15.2 Å². The van der Waals surface area contributed by atoms with Gasteiger partial charge in [0.2, 0.25) is 0 Å². The summed E-state index contributed by atoms with van der Waals surface area (Å²) in [6.45, 7) is 2.70. The Labute approximate surface area is 217 Å². The van der Waals surface area contributed by atoms with Gasteiger partial charge in [-0.15, -0.1) is 0 Å². The third-order valence-electron chi connectivity index (χ3n) is 5.87. The van der Waals surface area contributed by atoms with Crippen LogP contribution < -0.4 is 5.32 Å². The van der Waals surface area contributed by atoms with Crippen LogP contribution in [0.3, 0.4) is 0 Å². The summed E-state index contributed by atoms with van der Waals surface area (Å²) in [5.41, 5.74) is -0.186. The number of carboxylic acids is 1. The lowest BCUT2D eigenvalue weighted by Gasteiger charge is -2.39. The summed E-state index contributed by atoms with van der Waals surface area (Å²) < 4.78 is 176. The number of halogens is 13. The first kappa shape index (κ1) is 35.1. The van der Waals surface area contributed by atoms with E-state index in [2.05, 4.69) is 5.32 Å². The van der Waals surface area contributed by atoms with E-state index < -0.39 is 79.3 Å². The summed E-state index contributed by atoms with van der Waals surface area (Å²) in [7, 11) is 0. The Kier molecular flexibility index (Phi) is 10.4. The minimum Gasteiger partial charge on any atom is -0.480 e. The number of carbonyl (C=O) groups is 2. The first-order chi connectivity index (χ1) is 17.9. The zero-order valence-corrected chi connectivity index (χ0v) is 20.4. The number of aliphatic carboxylic acids is 1. The molecule has 2 atom stereocenters. The van der Waals surface area contributed by atoms with Gasteiger partial charge in [-0.25, -0.2) is 9.59 Å². The fourth-order valence-electron chi connectivity index (χ4n) is 3.06. The van der Waals surface area contributed by atoms with Gasteiger partial charge in [0.15, 0.2) is 0 Å². The highest BCUT2D eigenvalue weighted by Crippen LogP contribution is 2.60. The number of amides is 1. The fourth-order valence-corrected chi connectivity index (χ4v) is 3.06. The number of rotatable bonds is 13. The van der Waals surface area contributed by atoms with Gasteiger partial charge in [0.1, 0.15) is 12.6 Å². The second kappa shape index (κ2) is 11.9. The summed E-state index contributed by atoms with van der Waals surface area (Å²) in [6.07, 6.45) is -11.8. The molecule has 0 radical (unpaired) electrons. The third kappa shape index (κ3) is 6.85. The molecule has 1 amide bonds. The van der Waals surface area contributed by atoms with Crippen molar-refractivity contribution in [3.05, 3.63) is 35.4 Å². The molecule has 0 heterocycles. The van der Waals surface area contributed by atoms with Crippen molar-refractivity contribution in [1.82, 2.24) is 5.32 Å². The zero-order chi connectivity index (χ0) is 31.5. The van der Waals surface area contributed by atoms with E-state index in [0.717, 1.165) is 24.3 Å². The molecule has 0 spiro atoms. The second-order valence-electron chi connectivity index (χ2n) is 8.74. The van der Waals surface area contributed by atoms with Crippen molar-refractivity contribution in [1.29, 1.82) is 0 Å². The maximum absolute atomic E-state index is 13.9. The summed E-state index contributed by atoms with van der Waals surface area (Å²) in [5, 5.41) is 11.2. The summed E-state index contributed by atoms with van der Waals surface area (Å²) in [6, 6.07) is 2.69. The van der Waals surface area contributed by atoms with Crippen LogP contribution >= 0.6 is 0 Å². The number of ether oxygens (including phenoxy) is 1. The summed E-state index contributed by atoms with van der Waals surface area (Å²) in [4.78, 5) is 23.0. The fraction of sp³-hybridized carbons (Fsp3) is 0.636. The van der Waals surface area contributed by atoms with Gasteiger partial charge in [-0.3, -0.25) is 0 Å². The molecule has 0 saturated carbocycles.